The van der Waals surface area contributed by atoms with Crippen LogP contribution in [-0.2, 0) is 22.4 Å². The summed E-state index contributed by atoms with van der Waals surface area (Å²) in [4.78, 5) is 24.1. The maximum absolute atomic E-state index is 12.1. The third kappa shape index (κ3) is 11.1. The number of rotatable bonds is 18. The van der Waals surface area contributed by atoms with Crippen molar-refractivity contribution in [2.75, 3.05) is 13.1 Å². The molecule has 0 fully saturated rings. The summed E-state index contributed by atoms with van der Waals surface area (Å²) >= 11 is 0. The monoisotopic (exact) mass is 541 g/mol. The maximum Gasteiger partial charge on any atom is 0.234 e. The summed E-state index contributed by atoms with van der Waals surface area (Å²) in [6, 6.07) is 17.3. The summed E-state index contributed by atoms with van der Waals surface area (Å²) in [6.07, 6.45) is -0.745. The number of carbonyl (C=O) groups excluding carboxylic acids is 2. The first-order valence-electron chi connectivity index (χ1n) is 13.7. The Morgan fingerprint density at radius 3 is 1.28 bits per heavy atom. The molecule has 2 aromatic rings. The zero-order valence-electron chi connectivity index (χ0n) is 23.6. The van der Waals surface area contributed by atoms with Gasteiger partial charge in [0.15, 0.2) is 0 Å². The van der Waals surface area contributed by atoms with E-state index in [-0.39, 0.29) is 24.9 Å². The van der Waals surface area contributed by atoms with Gasteiger partial charge in [-0.3, -0.25) is 20.2 Å². The average molecular weight is 542 g/mol. The highest BCUT2D eigenvalue weighted by Gasteiger charge is 2.30. The Hall–Kier alpha value is -2.82. The van der Waals surface area contributed by atoms with E-state index in [4.69, 9.17) is 11.5 Å². The molecule has 2 aromatic carbocycles. The molecular formula is C30H47N5O4. The van der Waals surface area contributed by atoms with Gasteiger partial charge in [0.05, 0.1) is 24.3 Å². The molecular weight excluding hydrogens is 494 g/mol. The van der Waals surface area contributed by atoms with Crippen LogP contribution in [0.2, 0.25) is 0 Å². The number of amides is 2. The number of nitrogens with two attached hydrogens (primary N) is 2. The number of primary amides is 2. The van der Waals surface area contributed by atoms with E-state index in [2.05, 4.69) is 16.0 Å². The van der Waals surface area contributed by atoms with Gasteiger partial charge in [-0.05, 0) is 35.8 Å². The van der Waals surface area contributed by atoms with Crippen molar-refractivity contribution in [3.8, 4) is 0 Å². The second-order valence-corrected chi connectivity index (χ2v) is 11.0. The van der Waals surface area contributed by atoms with Crippen LogP contribution in [0.4, 0.5) is 0 Å². The molecule has 6 atom stereocenters. The van der Waals surface area contributed by atoms with Crippen LogP contribution < -0.4 is 27.4 Å². The van der Waals surface area contributed by atoms with Crippen molar-refractivity contribution < 1.29 is 19.8 Å². The van der Waals surface area contributed by atoms with E-state index in [1.54, 1.807) is 0 Å². The van der Waals surface area contributed by atoms with Gasteiger partial charge in [0.1, 0.15) is 0 Å². The van der Waals surface area contributed by atoms with E-state index in [0.29, 0.717) is 12.8 Å². The topological polar surface area (TPSA) is 163 Å². The van der Waals surface area contributed by atoms with Gasteiger partial charge in [0.2, 0.25) is 11.8 Å². The minimum atomic E-state index is -0.868. The molecule has 0 bridgehead atoms. The molecule has 0 spiro atoms. The van der Waals surface area contributed by atoms with Crippen LogP contribution in [0.3, 0.4) is 0 Å². The molecule has 0 radical (unpaired) electrons. The second-order valence-electron chi connectivity index (χ2n) is 11.0. The molecule has 9 N–H and O–H groups in total. The normalized spacial score (nSPS) is 16.4. The van der Waals surface area contributed by atoms with Crippen LogP contribution in [0.15, 0.2) is 60.7 Å². The highest BCUT2D eigenvalue weighted by atomic mass is 16.3. The lowest BCUT2D eigenvalue weighted by Crippen LogP contribution is -2.57. The summed E-state index contributed by atoms with van der Waals surface area (Å²) < 4.78 is 0. The van der Waals surface area contributed by atoms with Crippen LogP contribution in [0.25, 0.3) is 0 Å². The first-order chi connectivity index (χ1) is 18.5. The molecule has 0 aliphatic carbocycles. The van der Waals surface area contributed by atoms with Crippen molar-refractivity contribution in [3.63, 3.8) is 0 Å². The van der Waals surface area contributed by atoms with Gasteiger partial charge in [-0.25, -0.2) is 0 Å². The molecule has 9 heteroatoms. The number of nitrogens with one attached hydrogen (secondary N) is 3. The van der Waals surface area contributed by atoms with Gasteiger partial charge < -0.3 is 27.0 Å². The van der Waals surface area contributed by atoms with E-state index in [0.717, 1.165) is 11.1 Å². The lowest BCUT2D eigenvalue weighted by molar-refractivity contribution is -0.122. The van der Waals surface area contributed by atoms with Gasteiger partial charge in [0.25, 0.3) is 0 Å². The number of benzene rings is 2. The minimum absolute atomic E-state index is 0.0493. The Balaban J connectivity index is 2.09. The third-order valence-corrected chi connectivity index (χ3v) is 6.97. The highest BCUT2D eigenvalue weighted by Crippen LogP contribution is 2.12. The lowest BCUT2D eigenvalue weighted by Gasteiger charge is -2.32. The standard InChI is InChI=1S/C30H47N5O4/c1-19(2)27(29(31)38)34-23(15-21-11-7-5-8-12-21)25(36)17-33-18-26(37)24(16-22-13-9-6-10-14-22)35-28(20(3)4)30(32)39/h5-14,19-20,23-28,33-37H,15-18H2,1-4H3,(H2,31,38)(H2,32,39)/t23?,24?,25-,26?,27-,28-/m0/s1. The molecule has 2 rings (SSSR count). The first-order valence-corrected chi connectivity index (χ1v) is 13.7. The molecule has 0 aliphatic heterocycles. The Kier molecular flexibility index (Phi) is 13.6. The fourth-order valence-corrected chi connectivity index (χ4v) is 4.68. The highest BCUT2D eigenvalue weighted by molar-refractivity contribution is 5.80. The van der Waals surface area contributed by atoms with Crippen molar-refractivity contribution >= 4 is 11.8 Å². The Labute approximate surface area is 232 Å². The van der Waals surface area contributed by atoms with E-state index >= 15 is 0 Å². The SMILES string of the molecule is CC(C)[C@H](NC(Cc1ccccc1)C(O)CNC[C@H](O)C(Cc1ccccc1)N[C@H](C(N)=O)C(C)C)C(N)=O. The Morgan fingerprint density at radius 2 is 1.00 bits per heavy atom. The van der Waals surface area contributed by atoms with Gasteiger partial charge in [-0.2, -0.15) is 0 Å². The van der Waals surface area contributed by atoms with Crippen LogP contribution in [0.5, 0.6) is 0 Å². The van der Waals surface area contributed by atoms with Crippen molar-refractivity contribution in [1.29, 1.82) is 0 Å². The van der Waals surface area contributed by atoms with Gasteiger partial charge in [0, 0.05) is 25.2 Å². The maximum atomic E-state index is 12.1. The second kappa shape index (κ2) is 16.3. The summed E-state index contributed by atoms with van der Waals surface area (Å²) in [5, 5.41) is 31.9. The lowest BCUT2D eigenvalue weighted by atomic mass is 9.96. The largest absolute Gasteiger partial charge is 0.390 e. The Bertz CT molecular complexity index is 910. The number of aliphatic hydroxyl groups is 2. The van der Waals surface area contributed by atoms with Crippen LogP contribution in [-0.4, -0.2) is 71.5 Å². The molecule has 2 amide bonds. The van der Waals surface area contributed by atoms with Crippen molar-refractivity contribution in [3.05, 3.63) is 71.8 Å². The molecule has 0 saturated heterocycles. The summed E-state index contributed by atoms with van der Waals surface area (Å²) in [5.41, 5.74) is 13.3. The zero-order valence-corrected chi connectivity index (χ0v) is 23.6. The smallest absolute Gasteiger partial charge is 0.234 e. The zero-order chi connectivity index (χ0) is 28.9. The van der Waals surface area contributed by atoms with E-state index in [1.165, 1.54) is 0 Å². The van der Waals surface area contributed by atoms with Crippen LogP contribution in [0, 0.1) is 11.8 Å². The van der Waals surface area contributed by atoms with E-state index < -0.39 is 48.2 Å². The minimum Gasteiger partial charge on any atom is -0.390 e. The summed E-state index contributed by atoms with van der Waals surface area (Å²) in [7, 11) is 0. The van der Waals surface area contributed by atoms with Crippen molar-refractivity contribution in [1.82, 2.24) is 16.0 Å². The predicted octanol–water partition coefficient (Wildman–Crippen LogP) is 0.719. The van der Waals surface area contributed by atoms with Crippen molar-refractivity contribution in [2.24, 2.45) is 23.3 Å². The summed E-state index contributed by atoms with van der Waals surface area (Å²) in [6.45, 7) is 7.96. The average Bonchev–Trinajstić information content (AvgIpc) is 2.88. The molecule has 0 aliphatic rings. The molecule has 0 heterocycles. The van der Waals surface area contributed by atoms with E-state index in [1.807, 2.05) is 88.4 Å². The van der Waals surface area contributed by atoms with Gasteiger partial charge in [-0.1, -0.05) is 88.4 Å². The summed E-state index contributed by atoms with van der Waals surface area (Å²) in [5.74, 6) is -1.04. The Morgan fingerprint density at radius 1 is 0.667 bits per heavy atom. The molecule has 216 valence electrons. The molecule has 39 heavy (non-hydrogen) atoms. The van der Waals surface area contributed by atoms with E-state index in [9.17, 15) is 19.8 Å². The quantitative estimate of drug-likeness (QED) is 0.146. The fourth-order valence-electron chi connectivity index (χ4n) is 4.68. The fraction of sp³-hybridized carbons (Fsp3) is 0.533. The van der Waals surface area contributed by atoms with Crippen molar-refractivity contribution in [2.45, 2.75) is 76.9 Å². The molecule has 0 aromatic heterocycles. The third-order valence-electron chi connectivity index (χ3n) is 6.97. The molecule has 0 saturated carbocycles. The number of aliphatic hydroxyl groups excluding tert-OH is 2. The van der Waals surface area contributed by atoms with Crippen LogP contribution in [0.1, 0.15) is 38.8 Å². The van der Waals surface area contributed by atoms with Crippen LogP contribution >= 0.6 is 0 Å². The number of hydrogen-bond acceptors (Lipinski definition) is 7. The molecule has 9 nitrogen and oxygen atoms in total. The molecule has 3 unspecified atom stereocenters. The number of carbonyl (C=O) groups is 2. The van der Waals surface area contributed by atoms with Gasteiger partial charge in [-0.15, -0.1) is 0 Å². The predicted molar refractivity (Wildman–Crippen MR) is 155 cm³/mol. The first kappa shape index (κ1) is 32.4. The number of hydrogen-bond donors (Lipinski definition) is 7. The van der Waals surface area contributed by atoms with Gasteiger partial charge >= 0.3 is 0 Å².